The number of ketones is 1. The summed E-state index contributed by atoms with van der Waals surface area (Å²) < 4.78 is 19.2. The summed E-state index contributed by atoms with van der Waals surface area (Å²) in [7, 11) is 0. The maximum Gasteiger partial charge on any atom is 0.170 e. The molecule has 0 spiro atoms. The quantitative estimate of drug-likeness (QED) is 0.804. The van der Waals surface area contributed by atoms with Crippen LogP contribution in [0, 0.1) is 12.7 Å². The van der Waals surface area contributed by atoms with Gasteiger partial charge in [0.15, 0.2) is 5.78 Å². The second-order valence-corrected chi connectivity index (χ2v) is 4.70. The van der Waals surface area contributed by atoms with Crippen LogP contribution >= 0.6 is 15.9 Å². The molecule has 0 N–H and O–H groups in total. The molecule has 0 saturated heterocycles. The molecule has 0 aliphatic heterocycles. The van der Waals surface area contributed by atoms with E-state index in [2.05, 4.69) is 15.9 Å². The molecule has 0 saturated carbocycles. The van der Waals surface area contributed by atoms with Crippen molar-refractivity contribution in [1.82, 2.24) is 0 Å². The molecule has 2 rings (SSSR count). The van der Waals surface area contributed by atoms with Gasteiger partial charge in [-0.2, -0.15) is 0 Å². The zero-order valence-corrected chi connectivity index (χ0v) is 10.8. The zero-order chi connectivity index (χ0) is 12.4. The van der Waals surface area contributed by atoms with E-state index in [9.17, 15) is 9.18 Å². The van der Waals surface area contributed by atoms with Crippen LogP contribution in [0.2, 0.25) is 0 Å². The third kappa shape index (κ3) is 2.82. The van der Waals surface area contributed by atoms with Crippen molar-refractivity contribution in [2.75, 3.05) is 0 Å². The van der Waals surface area contributed by atoms with Gasteiger partial charge in [0.2, 0.25) is 0 Å². The molecule has 2 nitrogen and oxygen atoms in total. The van der Waals surface area contributed by atoms with Crippen molar-refractivity contribution in [3.8, 4) is 0 Å². The zero-order valence-electron chi connectivity index (χ0n) is 9.17. The Balaban J connectivity index is 2.18. The molecule has 17 heavy (non-hydrogen) atoms. The van der Waals surface area contributed by atoms with Gasteiger partial charge in [0.05, 0.1) is 5.56 Å². The molecule has 0 fully saturated rings. The Kier molecular flexibility index (Phi) is 3.43. The fourth-order valence-corrected chi connectivity index (χ4v) is 1.86. The number of hydrogen-bond acceptors (Lipinski definition) is 2. The van der Waals surface area contributed by atoms with Gasteiger partial charge in [-0.1, -0.05) is 22.0 Å². The third-order valence-corrected chi connectivity index (χ3v) is 2.91. The molecule has 0 unspecified atom stereocenters. The van der Waals surface area contributed by atoms with Gasteiger partial charge < -0.3 is 4.42 Å². The number of carbonyl (C=O) groups excluding carboxylic acids is 1. The van der Waals surface area contributed by atoms with E-state index in [0.29, 0.717) is 21.4 Å². The summed E-state index contributed by atoms with van der Waals surface area (Å²) in [5.74, 6) is 0.139. The summed E-state index contributed by atoms with van der Waals surface area (Å²) in [5.41, 5.74) is 0.863. The summed E-state index contributed by atoms with van der Waals surface area (Å²) >= 11 is 3.17. The molecular weight excluding hydrogens is 287 g/mol. The maximum absolute atomic E-state index is 13.5. The second-order valence-electron chi connectivity index (χ2n) is 3.78. The molecule has 0 aliphatic rings. The van der Waals surface area contributed by atoms with Gasteiger partial charge in [0.1, 0.15) is 17.8 Å². The minimum atomic E-state index is -0.382. The molecule has 4 heteroatoms. The number of aryl methyl sites for hydroxylation is 1. The Morgan fingerprint density at radius 3 is 2.76 bits per heavy atom. The Morgan fingerprint density at radius 1 is 1.41 bits per heavy atom. The van der Waals surface area contributed by atoms with Gasteiger partial charge in [0.25, 0.3) is 0 Å². The van der Waals surface area contributed by atoms with Crippen LogP contribution in [0.5, 0.6) is 0 Å². The largest absolute Gasteiger partial charge is 0.469 e. The Labute approximate surface area is 107 Å². The van der Waals surface area contributed by atoms with Crippen molar-refractivity contribution in [1.29, 1.82) is 0 Å². The Bertz CT molecular complexity index is 560. The Hall–Kier alpha value is -1.42. The van der Waals surface area contributed by atoms with Crippen LogP contribution in [-0.4, -0.2) is 5.78 Å². The maximum atomic E-state index is 13.5. The van der Waals surface area contributed by atoms with E-state index in [4.69, 9.17) is 4.42 Å². The van der Waals surface area contributed by atoms with E-state index in [-0.39, 0.29) is 18.0 Å². The monoisotopic (exact) mass is 296 g/mol. The summed E-state index contributed by atoms with van der Waals surface area (Å²) in [5, 5.41) is 0. The number of furan rings is 1. The molecule has 1 heterocycles. The van der Waals surface area contributed by atoms with E-state index < -0.39 is 0 Å². The predicted octanol–water partition coefficient (Wildman–Crippen LogP) is 3.92. The normalized spacial score (nSPS) is 10.5. The topological polar surface area (TPSA) is 30.2 Å². The number of benzene rings is 1. The van der Waals surface area contributed by atoms with Crippen molar-refractivity contribution >= 4 is 21.7 Å². The van der Waals surface area contributed by atoms with E-state index in [1.165, 1.54) is 12.3 Å². The standard InChI is InChI=1S/C13H10BrFO2/c1-8-4-10(7-17-8)13(16)5-9-2-3-11(14)6-12(9)15/h2-4,6-7H,5H2,1H3. The highest BCUT2D eigenvalue weighted by atomic mass is 79.9. The van der Waals surface area contributed by atoms with Crippen molar-refractivity contribution < 1.29 is 13.6 Å². The first-order chi connectivity index (χ1) is 8.06. The van der Waals surface area contributed by atoms with Crippen molar-refractivity contribution in [3.05, 3.63) is 57.7 Å². The predicted molar refractivity (Wildman–Crippen MR) is 65.6 cm³/mol. The average molecular weight is 297 g/mol. The Morgan fingerprint density at radius 2 is 2.18 bits per heavy atom. The van der Waals surface area contributed by atoms with Crippen molar-refractivity contribution in [3.63, 3.8) is 0 Å². The third-order valence-electron chi connectivity index (χ3n) is 2.42. The van der Waals surface area contributed by atoms with Gasteiger partial charge in [-0.15, -0.1) is 0 Å². The van der Waals surface area contributed by atoms with Crippen LogP contribution in [0.4, 0.5) is 4.39 Å². The van der Waals surface area contributed by atoms with Gasteiger partial charge in [-0.3, -0.25) is 4.79 Å². The first-order valence-electron chi connectivity index (χ1n) is 5.08. The van der Waals surface area contributed by atoms with E-state index in [1.54, 1.807) is 25.1 Å². The van der Waals surface area contributed by atoms with Gasteiger partial charge in [-0.25, -0.2) is 4.39 Å². The molecule has 2 aromatic rings. The number of rotatable bonds is 3. The van der Waals surface area contributed by atoms with Gasteiger partial charge in [-0.05, 0) is 30.7 Å². The highest BCUT2D eigenvalue weighted by Crippen LogP contribution is 2.17. The summed E-state index contributed by atoms with van der Waals surface area (Å²) in [6, 6.07) is 6.32. The number of Topliss-reactive ketones (excluding diaryl/α,β-unsaturated/α-hetero) is 1. The lowest BCUT2D eigenvalue weighted by molar-refractivity contribution is 0.0991. The average Bonchev–Trinajstić information content (AvgIpc) is 2.69. The fourth-order valence-electron chi connectivity index (χ4n) is 1.53. The lowest BCUT2D eigenvalue weighted by Crippen LogP contribution is -2.04. The van der Waals surface area contributed by atoms with Crippen LogP contribution in [0.15, 0.2) is 39.4 Å². The van der Waals surface area contributed by atoms with Crippen LogP contribution < -0.4 is 0 Å². The molecule has 88 valence electrons. The second kappa shape index (κ2) is 4.84. The molecular formula is C13H10BrFO2. The van der Waals surface area contributed by atoms with Crippen LogP contribution in [-0.2, 0) is 6.42 Å². The van der Waals surface area contributed by atoms with Gasteiger partial charge in [0, 0.05) is 10.9 Å². The van der Waals surface area contributed by atoms with Crippen molar-refractivity contribution in [2.24, 2.45) is 0 Å². The lowest BCUT2D eigenvalue weighted by atomic mass is 10.0. The van der Waals surface area contributed by atoms with Crippen LogP contribution in [0.25, 0.3) is 0 Å². The molecule has 0 amide bonds. The van der Waals surface area contributed by atoms with Crippen LogP contribution in [0.3, 0.4) is 0 Å². The molecule has 0 aliphatic carbocycles. The minimum Gasteiger partial charge on any atom is -0.469 e. The van der Waals surface area contributed by atoms with E-state index in [1.807, 2.05) is 0 Å². The van der Waals surface area contributed by atoms with Crippen LogP contribution in [0.1, 0.15) is 21.7 Å². The van der Waals surface area contributed by atoms with Crippen molar-refractivity contribution in [2.45, 2.75) is 13.3 Å². The highest BCUT2D eigenvalue weighted by molar-refractivity contribution is 9.10. The number of hydrogen-bond donors (Lipinski definition) is 0. The molecule has 1 aromatic carbocycles. The first-order valence-corrected chi connectivity index (χ1v) is 5.88. The van der Waals surface area contributed by atoms with E-state index in [0.717, 1.165) is 0 Å². The SMILES string of the molecule is Cc1cc(C(=O)Cc2ccc(Br)cc2F)co1. The highest BCUT2D eigenvalue weighted by Gasteiger charge is 2.12. The van der Waals surface area contributed by atoms with E-state index >= 15 is 0 Å². The first kappa shape index (κ1) is 12.0. The smallest absolute Gasteiger partial charge is 0.170 e. The minimum absolute atomic E-state index is 0.0398. The molecule has 0 atom stereocenters. The summed E-state index contributed by atoms with van der Waals surface area (Å²) in [4.78, 5) is 11.8. The fraction of sp³-hybridized carbons (Fsp3) is 0.154. The number of halogens is 2. The lowest BCUT2D eigenvalue weighted by Gasteiger charge is -2.01. The molecule has 0 radical (unpaired) electrons. The summed E-state index contributed by atoms with van der Waals surface area (Å²) in [6.07, 6.45) is 1.44. The summed E-state index contributed by atoms with van der Waals surface area (Å²) in [6.45, 7) is 1.76. The molecule has 0 bridgehead atoms. The molecule has 1 aromatic heterocycles. The number of carbonyl (C=O) groups is 1. The van der Waals surface area contributed by atoms with Gasteiger partial charge >= 0.3 is 0 Å².